The quantitative estimate of drug-likeness (QED) is 0.325. The molecule has 10 heteroatoms. The highest BCUT2D eigenvalue weighted by atomic mass is 32.2. The first-order valence-electron chi connectivity index (χ1n) is 9.69. The molecular formula is C22H21N5O4S. The van der Waals surface area contributed by atoms with Gasteiger partial charge in [0.1, 0.15) is 11.5 Å². The number of rotatable bonds is 8. The molecule has 2 aromatic carbocycles. The van der Waals surface area contributed by atoms with Crippen LogP contribution in [0.15, 0.2) is 65.1 Å². The van der Waals surface area contributed by atoms with Gasteiger partial charge in [0, 0.05) is 30.4 Å². The van der Waals surface area contributed by atoms with Crippen LogP contribution in [0.5, 0.6) is 11.5 Å². The number of carbonyl (C=O) groups is 1. The molecule has 1 N–H and O–H groups in total. The molecule has 0 saturated carbocycles. The summed E-state index contributed by atoms with van der Waals surface area (Å²) in [7, 11) is 3.09. The molecule has 0 atom stereocenters. The second kappa shape index (κ2) is 9.15. The van der Waals surface area contributed by atoms with Crippen molar-refractivity contribution in [2.75, 3.05) is 25.3 Å². The Balaban J connectivity index is 1.62. The normalized spacial score (nSPS) is 10.9. The minimum absolute atomic E-state index is 0.0925. The maximum atomic E-state index is 12.9. The molecule has 4 rings (SSSR count). The molecule has 0 spiro atoms. The molecule has 1 amide bonds. The van der Waals surface area contributed by atoms with Gasteiger partial charge in [-0.15, -0.1) is 16.8 Å². The van der Waals surface area contributed by atoms with Gasteiger partial charge in [-0.05, 0) is 12.1 Å². The molecule has 0 saturated heterocycles. The van der Waals surface area contributed by atoms with Crippen molar-refractivity contribution in [2.24, 2.45) is 0 Å². The van der Waals surface area contributed by atoms with Crippen molar-refractivity contribution in [3.05, 3.63) is 65.5 Å². The van der Waals surface area contributed by atoms with Gasteiger partial charge in [-0.1, -0.05) is 30.0 Å². The number of methoxy groups -OCH3 is 2. The number of fused-ring (bicyclic) bond motifs is 3. The van der Waals surface area contributed by atoms with E-state index in [1.807, 2.05) is 12.1 Å². The van der Waals surface area contributed by atoms with Crippen LogP contribution < -0.4 is 20.3 Å². The van der Waals surface area contributed by atoms with Gasteiger partial charge in [0.25, 0.3) is 5.56 Å². The largest absolute Gasteiger partial charge is 0.497 e. The summed E-state index contributed by atoms with van der Waals surface area (Å²) in [6.45, 7) is 4.02. The van der Waals surface area contributed by atoms with Gasteiger partial charge in [0.2, 0.25) is 11.7 Å². The zero-order chi connectivity index (χ0) is 22.7. The van der Waals surface area contributed by atoms with E-state index in [1.54, 1.807) is 55.0 Å². The van der Waals surface area contributed by atoms with Gasteiger partial charge in [-0.2, -0.15) is 0 Å². The highest BCUT2D eigenvalue weighted by Crippen LogP contribution is 2.26. The first-order chi connectivity index (χ1) is 15.5. The third kappa shape index (κ3) is 4.04. The summed E-state index contributed by atoms with van der Waals surface area (Å²) < 4.78 is 13.8. The van der Waals surface area contributed by atoms with Crippen LogP contribution >= 0.6 is 11.8 Å². The molecule has 0 aliphatic rings. The first kappa shape index (κ1) is 21.4. The van der Waals surface area contributed by atoms with Gasteiger partial charge in [-0.25, -0.2) is 0 Å². The Morgan fingerprint density at radius 1 is 1.16 bits per heavy atom. The Morgan fingerprint density at radius 3 is 2.56 bits per heavy atom. The maximum absolute atomic E-state index is 12.9. The summed E-state index contributed by atoms with van der Waals surface area (Å²) >= 11 is 1.22. The lowest BCUT2D eigenvalue weighted by Crippen LogP contribution is -2.22. The van der Waals surface area contributed by atoms with E-state index in [1.165, 1.54) is 16.3 Å². The number of anilines is 1. The van der Waals surface area contributed by atoms with E-state index in [-0.39, 0.29) is 17.2 Å². The third-order valence-corrected chi connectivity index (χ3v) is 5.69. The second-order valence-corrected chi connectivity index (χ2v) is 7.72. The van der Waals surface area contributed by atoms with Crippen molar-refractivity contribution in [2.45, 2.75) is 11.7 Å². The number of amides is 1. The standard InChI is InChI=1S/C22H21N5O4S/c1-4-9-26-20(29)17-7-5-6-8-18(17)27-21(26)24-25-22(27)32-13-19(28)23-14-10-15(30-2)12-16(11-14)31-3/h4-8,10-12H,1,9,13H2,2-3H3,(H,23,28). The Labute approximate surface area is 187 Å². The minimum Gasteiger partial charge on any atom is -0.497 e. The SMILES string of the molecule is C=CCn1c(=O)c2ccccc2n2c(SCC(=O)Nc3cc(OC)cc(OC)c3)nnc12. The van der Waals surface area contributed by atoms with Gasteiger partial charge >= 0.3 is 0 Å². The molecule has 0 bridgehead atoms. The van der Waals surface area contributed by atoms with Crippen molar-refractivity contribution in [3.63, 3.8) is 0 Å². The summed E-state index contributed by atoms with van der Waals surface area (Å²) in [4.78, 5) is 25.4. The van der Waals surface area contributed by atoms with Crippen LogP contribution in [0.25, 0.3) is 16.7 Å². The van der Waals surface area contributed by atoms with Crippen LogP contribution in [-0.4, -0.2) is 45.0 Å². The lowest BCUT2D eigenvalue weighted by atomic mass is 10.2. The summed E-state index contributed by atoms with van der Waals surface area (Å²) in [5.74, 6) is 1.40. The van der Waals surface area contributed by atoms with Gasteiger partial charge in [0.05, 0.1) is 30.9 Å². The molecule has 0 unspecified atom stereocenters. The Morgan fingerprint density at radius 2 is 1.88 bits per heavy atom. The van der Waals surface area contributed by atoms with E-state index >= 15 is 0 Å². The van der Waals surface area contributed by atoms with Crippen LogP contribution in [0, 0.1) is 0 Å². The highest BCUT2D eigenvalue weighted by Gasteiger charge is 2.17. The van der Waals surface area contributed by atoms with Crippen molar-refractivity contribution >= 4 is 40.0 Å². The zero-order valence-electron chi connectivity index (χ0n) is 17.6. The van der Waals surface area contributed by atoms with Gasteiger partial charge in [-0.3, -0.25) is 18.6 Å². The second-order valence-electron chi connectivity index (χ2n) is 6.78. The van der Waals surface area contributed by atoms with Crippen molar-refractivity contribution in [3.8, 4) is 11.5 Å². The van der Waals surface area contributed by atoms with E-state index in [0.717, 1.165) is 0 Å². The van der Waals surface area contributed by atoms with Crippen LogP contribution in [0.2, 0.25) is 0 Å². The van der Waals surface area contributed by atoms with Crippen LogP contribution in [-0.2, 0) is 11.3 Å². The molecular weight excluding hydrogens is 430 g/mol. The lowest BCUT2D eigenvalue weighted by Gasteiger charge is -2.10. The Hall–Kier alpha value is -3.79. The van der Waals surface area contributed by atoms with E-state index in [0.29, 0.717) is 45.6 Å². The van der Waals surface area contributed by atoms with Gasteiger partial charge in [0.15, 0.2) is 5.16 Å². The summed E-state index contributed by atoms with van der Waals surface area (Å²) in [5, 5.41) is 12.3. The minimum atomic E-state index is -0.231. The first-order valence-corrected chi connectivity index (χ1v) is 10.7. The van der Waals surface area contributed by atoms with Gasteiger partial charge < -0.3 is 14.8 Å². The van der Waals surface area contributed by atoms with Crippen molar-refractivity contribution in [1.29, 1.82) is 0 Å². The molecule has 0 radical (unpaired) electrons. The molecule has 0 aliphatic carbocycles. The van der Waals surface area contributed by atoms with E-state index < -0.39 is 0 Å². The molecule has 2 heterocycles. The highest BCUT2D eigenvalue weighted by molar-refractivity contribution is 7.99. The number of carbonyl (C=O) groups excluding carboxylic acids is 1. The average Bonchev–Trinajstić information content (AvgIpc) is 3.24. The number of hydrogen-bond acceptors (Lipinski definition) is 7. The predicted molar refractivity (Wildman–Crippen MR) is 124 cm³/mol. The monoisotopic (exact) mass is 451 g/mol. The van der Waals surface area contributed by atoms with Crippen molar-refractivity contribution in [1.82, 2.24) is 19.2 Å². The van der Waals surface area contributed by atoms with Crippen LogP contribution in [0.4, 0.5) is 5.69 Å². The number of hydrogen-bond donors (Lipinski definition) is 1. The maximum Gasteiger partial charge on any atom is 0.263 e. The summed E-state index contributed by atoms with van der Waals surface area (Å²) in [6, 6.07) is 12.4. The van der Waals surface area contributed by atoms with Crippen LogP contribution in [0.3, 0.4) is 0 Å². The summed E-state index contributed by atoms with van der Waals surface area (Å²) in [6.07, 6.45) is 1.63. The Kier molecular flexibility index (Phi) is 6.13. The number of aromatic nitrogens is 4. The number of para-hydroxylation sites is 1. The fourth-order valence-corrected chi connectivity index (χ4v) is 4.07. The number of thioether (sulfide) groups is 1. The molecule has 9 nitrogen and oxygen atoms in total. The molecule has 0 fully saturated rings. The zero-order valence-corrected chi connectivity index (χ0v) is 18.4. The number of ether oxygens (including phenoxy) is 2. The molecule has 32 heavy (non-hydrogen) atoms. The van der Waals surface area contributed by atoms with E-state index in [2.05, 4.69) is 22.1 Å². The fourth-order valence-electron chi connectivity index (χ4n) is 3.33. The predicted octanol–water partition coefficient (Wildman–Crippen LogP) is 2.98. The summed E-state index contributed by atoms with van der Waals surface area (Å²) in [5.41, 5.74) is 1.07. The fraction of sp³-hybridized carbons (Fsp3) is 0.182. The Bertz CT molecular complexity index is 1360. The lowest BCUT2D eigenvalue weighted by molar-refractivity contribution is -0.113. The van der Waals surface area contributed by atoms with E-state index in [4.69, 9.17) is 9.47 Å². The smallest absolute Gasteiger partial charge is 0.263 e. The number of nitrogens with one attached hydrogen (secondary N) is 1. The third-order valence-electron chi connectivity index (χ3n) is 4.76. The van der Waals surface area contributed by atoms with E-state index in [9.17, 15) is 9.59 Å². The molecule has 2 aromatic heterocycles. The average molecular weight is 452 g/mol. The molecule has 164 valence electrons. The molecule has 0 aliphatic heterocycles. The number of nitrogens with zero attached hydrogens (tertiary/aromatic N) is 4. The van der Waals surface area contributed by atoms with Crippen molar-refractivity contribution < 1.29 is 14.3 Å². The van der Waals surface area contributed by atoms with Crippen LogP contribution in [0.1, 0.15) is 0 Å². The number of benzene rings is 2. The molecule has 4 aromatic rings. The topological polar surface area (TPSA) is 99.8 Å². The number of allylic oxidation sites excluding steroid dienone is 1.